The minimum atomic E-state index is -0.113. The van der Waals surface area contributed by atoms with E-state index in [0.717, 1.165) is 11.3 Å². The largest absolute Gasteiger partial charge is 0.492 e. The predicted octanol–water partition coefficient (Wildman–Crippen LogP) is 6.57. The van der Waals surface area contributed by atoms with Crippen molar-refractivity contribution >= 4 is 57.2 Å². The zero-order valence-electron chi connectivity index (χ0n) is 14.0. The molecular formula is C19H15Cl3N2O2S. The second-order valence-corrected chi connectivity index (χ2v) is 7.76. The molecule has 1 N–H and O–H groups in total. The van der Waals surface area contributed by atoms with E-state index in [0.29, 0.717) is 45.4 Å². The molecule has 3 aromatic rings. The minimum absolute atomic E-state index is 0.113. The minimum Gasteiger partial charge on any atom is -0.492 e. The van der Waals surface area contributed by atoms with E-state index in [1.165, 1.54) is 11.3 Å². The Labute approximate surface area is 176 Å². The van der Waals surface area contributed by atoms with Crippen LogP contribution in [0.3, 0.4) is 0 Å². The van der Waals surface area contributed by atoms with E-state index < -0.39 is 0 Å². The normalized spacial score (nSPS) is 10.6. The van der Waals surface area contributed by atoms with Crippen molar-refractivity contribution in [2.24, 2.45) is 0 Å². The van der Waals surface area contributed by atoms with Crippen LogP contribution in [0, 0.1) is 0 Å². The van der Waals surface area contributed by atoms with Gasteiger partial charge in [-0.2, -0.15) is 0 Å². The fourth-order valence-corrected chi connectivity index (χ4v) is 3.60. The number of halogens is 3. The van der Waals surface area contributed by atoms with Gasteiger partial charge in [0.25, 0.3) is 0 Å². The summed E-state index contributed by atoms with van der Waals surface area (Å²) in [5.41, 5.74) is 1.75. The molecule has 27 heavy (non-hydrogen) atoms. The first-order chi connectivity index (χ1) is 13.0. The second kappa shape index (κ2) is 9.42. The van der Waals surface area contributed by atoms with Crippen molar-refractivity contribution in [1.29, 1.82) is 0 Å². The lowest BCUT2D eigenvalue weighted by Gasteiger charge is -2.08. The Morgan fingerprint density at radius 3 is 2.56 bits per heavy atom. The number of hydrogen-bond acceptors (Lipinski definition) is 4. The average molecular weight is 442 g/mol. The first-order valence-corrected chi connectivity index (χ1v) is 10.1. The highest BCUT2D eigenvalue weighted by Gasteiger charge is 2.09. The molecule has 2 aromatic carbocycles. The smallest absolute Gasteiger partial charge is 0.226 e. The van der Waals surface area contributed by atoms with E-state index in [9.17, 15) is 4.79 Å². The van der Waals surface area contributed by atoms with Crippen LogP contribution in [-0.4, -0.2) is 17.5 Å². The van der Waals surface area contributed by atoms with Crippen molar-refractivity contribution in [2.45, 2.75) is 12.8 Å². The van der Waals surface area contributed by atoms with Gasteiger partial charge in [0, 0.05) is 27.4 Å². The molecular weight excluding hydrogens is 427 g/mol. The van der Waals surface area contributed by atoms with Crippen LogP contribution in [0.25, 0.3) is 11.3 Å². The van der Waals surface area contributed by atoms with Crippen LogP contribution in [0.1, 0.15) is 12.8 Å². The van der Waals surface area contributed by atoms with Crippen molar-refractivity contribution < 1.29 is 9.53 Å². The lowest BCUT2D eigenvalue weighted by atomic mass is 10.2. The third-order valence-electron chi connectivity index (χ3n) is 3.59. The summed E-state index contributed by atoms with van der Waals surface area (Å²) in [6, 6.07) is 12.4. The number of anilines is 1. The molecule has 0 saturated carbocycles. The van der Waals surface area contributed by atoms with E-state index in [2.05, 4.69) is 10.3 Å². The Kier molecular flexibility index (Phi) is 6.96. The van der Waals surface area contributed by atoms with Crippen LogP contribution in [-0.2, 0) is 4.79 Å². The quantitative estimate of drug-likeness (QED) is 0.422. The van der Waals surface area contributed by atoms with Crippen molar-refractivity contribution in [3.63, 3.8) is 0 Å². The molecule has 0 aliphatic heterocycles. The maximum absolute atomic E-state index is 12.1. The fraction of sp³-hybridized carbons (Fsp3) is 0.158. The van der Waals surface area contributed by atoms with Gasteiger partial charge in [0.2, 0.25) is 5.91 Å². The van der Waals surface area contributed by atoms with E-state index in [4.69, 9.17) is 39.5 Å². The van der Waals surface area contributed by atoms with E-state index in [1.807, 2.05) is 17.5 Å². The van der Waals surface area contributed by atoms with Gasteiger partial charge in [-0.05, 0) is 36.8 Å². The van der Waals surface area contributed by atoms with Gasteiger partial charge < -0.3 is 10.1 Å². The molecule has 3 rings (SSSR count). The maximum Gasteiger partial charge on any atom is 0.226 e. The Balaban J connectivity index is 1.45. The molecule has 0 unspecified atom stereocenters. The van der Waals surface area contributed by atoms with Crippen molar-refractivity contribution in [1.82, 2.24) is 4.98 Å². The molecule has 4 nitrogen and oxygen atoms in total. The number of carbonyl (C=O) groups is 1. The van der Waals surface area contributed by atoms with E-state index in [-0.39, 0.29) is 5.91 Å². The number of rotatable bonds is 7. The third kappa shape index (κ3) is 5.84. The standard InChI is InChI=1S/C19H15Cl3N2O2S/c20-13-5-3-12(4-6-13)16-11-27-19(23-16)24-18(25)2-1-9-26-17-8-7-14(21)10-15(17)22/h3-8,10-11H,1-2,9H2,(H,23,24,25). The molecule has 8 heteroatoms. The molecule has 0 bridgehead atoms. The SMILES string of the molecule is O=C(CCCOc1ccc(Cl)cc1Cl)Nc1nc(-c2ccc(Cl)cc2)cs1. The number of hydrogen-bond donors (Lipinski definition) is 1. The molecule has 1 heterocycles. The highest BCUT2D eigenvalue weighted by atomic mass is 35.5. The molecule has 0 atom stereocenters. The molecule has 0 radical (unpaired) electrons. The van der Waals surface area contributed by atoms with Crippen LogP contribution in [0.5, 0.6) is 5.75 Å². The summed E-state index contributed by atoms with van der Waals surface area (Å²) >= 11 is 19.1. The Morgan fingerprint density at radius 2 is 1.81 bits per heavy atom. The third-order valence-corrected chi connectivity index (χ3v) is 5.13. The molecule has 1 amide bonds. The van der Waals surface area contributed by atoms with E-state index >= 15 is 0 Å². The first-order valence-electron chi connectivity index (χ1n) is 8.10. The summed E-state index contributed by atoms with van der Waals surface area (Å²) in [6.45, 7) is 0.378. The summed E-state index contributed by atoms with van der Waals surface area (Å²) in [7, 11) is 0. The Hall–Kier alpha value is -1.79. The lowest BCUT2D eigenvalue weighted by Crippen LogP contribution is -2.12. The monoisotopic (exact) mass is 440 g/mol. The summed E-state index contributed by atoms with van der Waals surface area (Å²) in [4.78, 5) is 16.5. The number of thiazole rings is 1. The summed E-state index contributed by atoms with van der Waals surface area (Å²) in [5.74, 6) is 0.437. The van der Waals surface area contributed by atoms with Crippen LogP contribution in [0.2, 0.25) is 15.1 Å². The second-order valence-electron chi connectivity index (χ2n) is 5.62. The highest BCUT2D eigenvalue weighted by molar-refractivity contribution is 7.14. The Morgan fingerprint density at radius 1 is 1.07 bits per heavy atom. The van der Waals surface area contributed by atoms with Crippen LogP contribution >= 0.6 is 46.1 Å². The van der Waals surface area contributed by atoms with Crippen LogP contribution < -0.4 is 10.1 Å². The first kappa shape index (κ1) is 20.0. The van der Waals surface area contributed by atoms with Gasteiger partial charge in [-0.25, -0.2) is 4.98 Å². The van der Waals surface area contributed by atoms with Crippen molar-refractivity contribution in [2.75, 3.05) is 11.9 Å². The number of amides is 1. The predicted molar refractivity (Wildman–Crippen MR) is 112 cm³/mol. The lowest BCUT2D eigenvalue weighted by molar-refractivity contribution is -0.116. The highest BCUT2D eigenvalue weighted by Crippen LogP contribution is 2.28. The van der Waals surface area contributed by atoms with Gasteiger partial charge in [0.05, 0.1) is 17.3 Å². The molecule has 0 spiro atoms. The van der Waals surface area contributed by atoms with Gasteiger partial charge in [-0.1, -0.05) is 46.9 Å². The van der Waals surface area contributed by atoms with Crippen LogP contribution in [0.4, 0.5) is 5.13 Å². The van der Waals surface area contributed by atoms with Gasteiger partial charge >= 0.3 is 0 Å². The number of benzene rings is 2. The summed E-state index contributed by atoms with van der Waals surface area (Å²) in [6.07, 6.45) is 0.876. The molecule has 1 aromatic heterocycles. The molecule has 0 fully saturated rings. The van der Waals surface area contributed by atoms with Gasteiger partial charge in [-0.15, -0.1) is 11.3 Å². The average Bonchev–Trinajstić information content (AvgIpc) is 3.09. The molecule has 0 saturated heterocycles. The Bertz CT molecular complexity index is 929. The van der Waals surface area contributed by atoms with Gasteiger partial charge in [0.1, 0.15) is 5.75 Å². The fourth-order valence-electron chi connectivity index (χ4n) is 2.27. The number of aromatic nitrogens is 1. The topological polar surface area (TPSA) is 51.2 Å². The van der Waals surface area contributed by atoms with Crippen LogP contribution in [0.15, 0.2) is 47.8 Å². The zero-order chi connectivity index (χ0) is 19.2. The van der Waals surface area contributed by atoms with Gasteiger partial charge in [-0.3, -0.25) is 4.79 Å². The number of carbonyl (C=O) groups excluding carboxylic acids is 1. The summed E-state index contributed by atoms with van der Waals surface area (Å²) < 4.78 is 5.57. The van der Waals surface area contributed by atoms with E-state index in [1.54, 1.807) is 30.3 Å². The molecule has 0 aliphatic rings. The van der Waals surface area contributed by atoms with Gasteiger partial charge in [0.15, 0.2) is 5.13 Å². The number of nitrogens with zero attached hydrogens (tertiary/aromatic N) is 1. The molecule has 140 valence electrons. The maximum atomic E-state index is 12.1. The van der Waals surface area contributed by atoms with Crippen molar-refractivity contribution in [3.8, 4) is 17.0 Å². The molecule has 0 aliphatic carbocycles. The van der Waals surface area contributed by atoms with Crippen molar-refractivity contribution in [3.05, 3.63) is 62.9 Å². The zero-order valence-corrected chi connectivity index (χ0v) is 17.1. The summed E-state index contributed by atoms with van der Waals surface area (Å²) in [5, 5.41) is 6.93. The number of ether oxygens (including phenoxy) is 1. The number of nitrogens with one attached hydrogen (secondary N) is 1.